The van der Waals surface area contributed by atoms with Gasteiger partial charge in [0.2, 0.25) is 0 Å². The van der Waals surface area contributed by atoms with Crippen LogP contribution in [-0.4, -0.2) is 23.8 Å². The summed E-state index contributed by atoms with van der Waals surface area (Å²) in [5.41, 5.74) is -0.350. The molecular formula is C16H30N2O. The Morgan fingerprint density at radius 3 is 2.32 bits per heavy atom. The molecule has 3 heteroatoms. The number of hydrogen-bond donors (Lipinski definition) is 2. The van der Waals surface area contributed by atoms with E-state index < -0.39 is 5.60 Å². The zero-order valence-corrected chi connectivity index (χ0v) is 13.1. The average Bonchev–Trinajstić information content (AvgIpc) is 2.33. The molecule has 2 N–H and O–H groups in total. The summed E-state index contributed by atoms with van der Waals surface area (Å²) in [5, 5.41) is 22.8. The highest BCUT2D eigenvalue weighted by Gasteiger charge is 2.36. The summed E-state index contributed by atoms with van der Waals surface area (Å²) in [6, 6.07) is 2.32. The van der Waals surface area contributed by atoms with E-state index >= 15 is 0 Å². The van der Waals surface area contributed by atoms with Gasteiger partial charge in [0.05, 0.1) is 17.1 Å². The first-order valence-electron chi connectivity index (χ1n) is 7.53. The van der Waals surface area contributed by atoms with Gasteiger partial charge in [0.15, 0.2) is 0 Å². The third-order valence-electron chi connectivity index (χ3n) is 4.45. The lowest BCUT2D eigenvalue weighted by Crippen LogP contribution is -2.45. The maximum atomic E-state index is 10.5. The first-order chi connectivity index (χ1) is 8.68. The van der Waals surface area contributed by atoms with E-state index in [0.717, 1.165) is 45.1 Å². The molecule has 0 aromatic carbocycles. The van der Waals surface area contributed by atoms with Crippen LogP contribution >= 0.6 is 0 Å². The first kappa shape index (κ1) is 16.5. The van der Waals surface area contributed by atoms with Crippen LogP contribution in [0.4, 0.5) is 0 Å². The number of nitriles is 1. The standard InChI is InChI=1S/C16H30N2O/c1-14(2)7-9-16(19,10-8-14)13-18-11-5-6-15(3,4)12-17/h18-19H,5-11,13H2,1-4H3. The predicted molar refractivity (Wildman–Crippen MR) is 78.7 cm³/mol. The zero-order valence-electron chi connectivity index (χ0n) is 13.1. The topological polar surface area (TPSA) is 56.0 Å². The van der Waals surface area contributed by atoms with Crippen molar-refractivity contribution in [3.05, 3.63) is 0 Å². The van der Waals surface area contributed by atoms with Gasteiger partial charge in [-0.05, 0) is 64.3 Å². The molecule has 0 atom stereocenters. The minimum atomic E-state index is -0.514. The number of aliphatic hydroxyl groups is 1. The van der Waals surface area contributed by atoms with Crippen molar-refractivity contribution in [2.45, 2.75) is 71.8 Å². The van der Waals surface area contributed by atoms with E-state index in [1.165, 1.54) is 0 Å². The molecule has 1 aliphatic rings. The normalized spacial score (nSPS) is 21.9. The Balaban J connectivity index is 2.18. The molecule has 3 nitrogen and oxygen atoms in total. The van der Waals surface area contributed by atoms with Crippen LogP contribution in [0.2, 0.25) is 0 Å². The van der Waals surface area contributed by atoms with Crippen LogP contribution < -0.4 is 5.32 Å². The molecule has 1 rings (SSSR count). The SMILES string of the molecule is CC(C)(C#N)CCCNCC1(O)CCC(C)(C)CC1. The van der Waals surface area contributed by atoms with Gasteiger partial charge in [-0.1, -0.05) is 13.8 Å². The van der Waals surface area contributed by atoms with Crippen LogP contribution in [0.3, 0.4) is 0 Å². The van der Waals surface area contributed by atoms with Crippen molar-refractivity contribution in [3.8, 4) is 6.07 Å². The Morgan fingerprint density at radius 2 is 1.79 bits per heavy atom. The van der Waals surface area contributed by atoms with Crippen LogP contribution in [0.25, 0.3) is 0 Å². The van der Waals surface area contributed by atoms with Crippen LogP contribution in [-0.2, 0) is 0 Å². The van der Waals surface area contributed by atoms with Crippen LogP contribution in [0.1, 0.15) is 66.2 Å². The Labute approximate surface area is 118 Å². The molecule has 0 heterocycles. The van der Waals surface area contributed by atoms with Crippen LogP contribution in [0, 0.1) is 22.2 Å². The molecule has 0 radical (unpaired) electrons. The zero-order chi connectivity index (χ0) is 14.6. The number of nitrogens with one attached hydrogen (secondary N) is 1. The predicted octanol–water partition coefficient (Wildman–Crippen LogP) is 3.24. The van der Waals surface area contributed by atoms with Gasteiger partial charge in [-0.3, -0.25) is 0 Å². The average molecular weight is 266 g/mol. The quantitative estimate of drug-likeness (QED) is 0.726. The largest absolute Gasteiger partial charge is 0.389 e. The molecule has 0 bridgehead atoms. The summed E-state index contributed by atoms with van der Waals surface area (Å²) in [6.07, 6.45) is 5.90. The van der Waals surface area contributed by atoms with Crippen molar-refractivity contribution in [2.24, 2.45) is 10.8 Å². The summed E-state index contributed by atoms with van der Waals surface area (Å²) in [5.74, 6) is 0. The third-order valence-corrected chi connectivity index (χ3v) is 4.45. The number of rotatable bonds is 6. The molecule has 0 amide bonds. The van der Waals surface area contributed by atoms with Gasteiger partial charge in [0, 0.05) is 6.54 Å². The maximum Gasteiger partial charge on any atom is 0.0772 e. The molecule has 0 unspecified atom stereocenters. The van der Waals surface area contributed by atoms with Gasteiger partial charge in [-0.15, -0.1) is 0 Å². The minimum Gasteiger partial charge on any atom is -0.389 e. The fourth-order valence-corrected chi connectivity index (χ4v) is 2.60. The lowest BCUT2D eigenvalue weighted by Gasteiger charge is -2.40. The highest BCUT2D eigenvalue weighted by Crippen LogP contribution is 2.39. The second-order valence-electron chi connectivity index (χ2n) is 7.66. The van der Waals surface area contributed by atoms with Gasteiger partial charge >= 0.3 is 0 Å². The fourth-order valence-electron chi connectivity index (χ4n) is 2.60. The minimum absolute atomic E-state index is 0.229. The first-order valence-corrected chi connectivity index (χ1v) is 7.53. The van der Waals surface area contributed by atoms with Crippen molar-refractivity contribution >= 4 is 0 Å². The second-order valence-corrected chi connectivity index (χ2v) is 7.66. The molecule has 19 heavy (non-hydrogen) atoms. The van der Waals surface area contributed by atoms with Crippen LogP contribution in [0.15, 0.2) is 0 Å². The van der Waals surface area contributed by atoms with Crippen molar-refractivity contribution in [2.75, 3.05) is 13.1 Å². The van der Waals surface area contributed by atoms with E-state index in [9.17, 15) is 5.11 Å². The van der Waals surface area contributed by atoms with E-state index in [4.69, 9.17) is 5.26 Å². The van der Waals surface area contributed by atoms with E-state index in [0.29, 0.717) is 12.0 Å². The fraction of sp³-hybridized carbons (Fsp3) is 0.938. The van der Waals surface area contributed by atoms with Crippen molar-refractivity contribution in [1.82, 2.24) is 5.32 Å². The summed E-state index contributed by atoms with van der Waals surface area (Å²) >= 11 is 0. The van der Waals surface area contributed by atoms with Crippen molar-refractivity contribution < 1.29 is 5.11 Å². The van der Waals surface area contributed by atoms with Gasteiger partial charge in [-0.25, -0.2) is 0 Å². The van der Waals surface area contributed by atoms with Gasteiger partial charge in [-0.2, -0.15) is 5.26 Å². The monoisotopic (exact) mass is 266 g/mol. The smallest absolute Gasteiger partial charge is 0.0772 e. The molecular weight excluding hydrogens is 236 g/mol. The van der Waals surface area contributed by atoms with Gasteiger partial charge in [0.1, 0.15) is 0 Å². The molecule has 0 spiro atoms. The maximum absolute atomic E-state index is 10.5. The van der Waals surface area contributed by atoms with E-state index in [-0.39, 0.29) is 5.41 Å². The lowest BCUT2D eigenvalue weighted by atomic mass is 9.71. The Hall–Kier alpha value is -0.590. The summed E-state index contributed by atoms with van der Waals surface area (Å²) in [6.45, 7) is 10.1. The molecule has 1 saturated carbocycles. The van der Waals surface area contributed by atoms with E-state index in [1.807, 2.05) is 13.8 Å². The lowest BCUT2D eigenvalue weighted by molar-refractivity contribution is -0.0242. The molecule has 0 saturated heterocycles. The molecule has 1 aliphatic carbocycles. The highest BCUT2D eigenvalue weighted by atomic mass is 16.3. The molecule has 110 valence electrons. The second kappa shape index (κ2) is 6.24. The van der Waals surface area contributed by atoms with Gasteiger partial charge < -0.3 is 10.4 Å². The molecule has 0 aromatic rings. The highest BCUT2D eigenvalue weighted by molar-refractivity contribution is 4.92. The number of hydrogen-bond acceptors (Lipinski definition) is 3. The van der Waals surface area contributed by atoms with Crippen LogP contribution in [0.5, 0.6) is 0 Å². The number of nitrogens with zero attached hydrogens (tertiary/aromatic N) is 1. The summed E-state index contributed by atoms with van der Waals surface area (Å²) in [7, 11) is 0. The van der Waals surface area contributed by atoms with E-state index in [2.05, 4.69) is 25.2 Å². The van der Waals surface area contributed by atoms with Gasteiger partial charge in [0.25, 0.3) is 0 Å². The van der Waals surface area contributed by atoms with Crippen molar-refractivity contribution in [3.63, 3.8) is 0 Å². The Bertz CT molecular complexity index is 318. The van der Waals surface area contributed by atoms with Crippen molar-refractivity contribution in [1.29, 1.82) is 5.26 Å². The molecule has 1 fully saturated rings. The third kappa shape index (κ3) is 5.93. The van der Waals surface area contributed by atoms with E-state index in [1.54, 1.807) is 0 Å². The Kier molecular flexibility index (Phi) is 5.41. The Morgan fingerprint density at radius 1 is 1.21 bits per heavy atom. The molecule has 0 aliphatic heterocycles. The summed E-state index contributed by atoms with van der Waals surface area (Å²) < 4.78 is 0. The summed E-state index contributed by atoms with van der Waals surface area (Å²) in [4.78, 5) is 0. The molecule has 0 aromatic heterocycles.